The number of carbonyl (C=O) groups excluding carboxylic acids is 1. The number of thiophene rings is 1. The molecule has 0 radical (unpaired) electrons. The first-order valence-corrected chi connectivity index (χ1v) is 8.66. The SMILES string of the molecule is CC(C)NS(=O)(=O)c1cc(C(=O)N2CCCC2)cs1. The minimum absolute atomic E-state index is 0.0697. The summed E-state index contributed by atoms with van der Waals surface area (Å²) in [6, 6.07) is 1.31. The summed E-state index contributed by atoms with van der Waals surface area (Å²) in [5.74, 6) is -0.0697. The molecule has 0 aliphatic carbocycles. The van der Waals surface area contributed by atoms with Crippen LogP contribution in [0.3, 0.4) is 0 Å². The molecule has 106 valence electrons. The Hall–Kier alpha value is -0.920. The van der Waals surface area contributed by atoms with Gasteiger partial charge >= 0.3 is 0 Å². The fourth-order valence-electron chi connectivity index (χ4n) is 2.04. The smallest absolute Gasteiger partial charge is 0.254 e. The quantitative estimate of drug-likeness (QED) is 0.920. The molecule has 2 rings (SSSR count). The number of nitrogens with one attached hydrogen (secondary N) is 1. The van der Waals surface area contributed by atoms with Gasteiger partial charge in [0.1, 0.15) is 4.21 Å². The average molecular weight is 302 g/mol. The van der Waals surface area contributed by atoms with Crippen molar-refractivity contribution in [3.8, 4) is 0 Å². The Bertz CT molecular complexity index is 557. The highest BCUT2D eigenvalue weighted by Crippen LogP contribution is 2.22. The number of sulfonamides is 1. The van der Waals surface area contributed by atoms with Crippen molar-refractivity contribution in [3.05, 3.63) is 17.0 Å². The van der Waals surface area contributed by atoms with Crippen LogP contribution < -0.4 is 4.72 Å². The average Bonchev–Trinajstić information content (AvgIpc) is 2.98. The molecule has 1 fully saturated rings. The standard InChI is InChI=1S/C12H18N2O3S2/c1-9(2)13-19(16,17)11-7-10(8-18-11)12(15)14-5-3-4-6-14/h7-9,13H,3-6H2,1-2H3. The topological polar surface area (TPSA) is 66.5 Å². The van der Waals surface area contributed by atoms with Crippen molar-refractivity contribution in [2.45, 2.75) is 36.9 Å². The van der Waals surface area contributed by atoms with Crippen LogP contribution in [0.5, 0.6) is 0 Å². The van der Waals surface area contributed by atoms with Crippen LogP contribution in [0, 0.1) is 0 Å². The van der Waals surface area contributed by atoms with Crippen LogP contribution in [0.25, 0.3) is 0 Å². The molecular formula is C12H18N2O3S2. The van der Waals surface area contributed by atoms with Crippen LogP contribution in [0.4, 0.5) is 0 Å². The summed E-state index contributed by atoms with van der Waals surface area (Å²) in [5.41, 5.74) is 0.469. The van der Waals surface area contributed by atoms with Crippen LogP contribution in [-0.2, 0) is 10.0 Å². The predicted octanol–water partition coefficient (Wildman–Crippen LogP) is 1.67. The zero-order valence-corrected chi connectivity index (χ0v) is 12.7. The van der Waals surface area contributed by atoms with Crippen molar-refractivity contribution >= 4 is 27.3 Å². The fourth-order valence-corrected chi connectivity index (χ4v) is 4.46. The van der Waals surface area contributed by atoms with E-state index in [-0.39, 0.29) is 16.2 Å². The Labute approximate surface area is 117 Å². The minimum Gasteiger partial charge on any atom is -0.339 e. The van der Waals surface area contributed by atoms with Gasteiger partial charge in [0.25, 0.3) is 5.91 Å². The van der Waals surface area contributed by atoms with E-state index in [1.165, 1.54) is 6.07 Å². The third-order valence-corrected chi connectivity index (χ3v) is 5.97. The third kappa shape index (κ3) is 3.34. The van der Waals surface area contributed by atoms with E-state index in [2.05, 4.69) is 4.72 Å². The molecule has 1 saturated heterocycles. The Balaban J connectivity index is 2.17. The van der Waals surface area contributed by atoms with Crippen LogP contribution in [-0.4, -0.2) is 38.4 Å². The van der Waals surface area contributed by atoms with Gasteiger partial charge < -0.3 is 4.90 Å². The lowest BCUT2D eigenvalue weighted by Crippen LogP contribution is -2.30. The maximum absolute atomic E-state index is 12.1. The van der Waals surface area contributed by atoms with Crippen LogP contribution in [0.2, 0.25) is 0 Å². The largest absolute Gasteiger partial charge is 0.339 e. The van der Waals surface area contributed by atoms with E-state index in [1.807, 2.05) is 0 Å². The van der Waals surface area contributed by atoms with Crippen molar-refractivity contribution in [1.29, 1.82) is 0 Å². The summed E-state index contributed by atoms with van der Waals surface area (Å²) in [6.45, 7) is 5.06. The summed E-state index contributed by atoms with van der Waals surface area (Å²) < 4.78 is 26.7. The molecule has 0 unspecified atom stereocenters. The van der Waals surface area contributed by atoms with Gasteiger partial charge in [-0.2, -0.15) is 0 Å². The molecule has 0 spiro atoms. The van der Waals surface area contributed by atoms with Crippen LogP contribution in [0.15, 0.2) is 15.7 Å². The second-order valence-corrected chi connectivity index (χ2v) is 7.78. The molecule has 1 aliphatic rings. The summed E-state index contributed by atoms with van der Waals surface area (Å²) in [7, 11) is -3.50. The first-order chi connectivity index (χ1) is 8.90. The van der Waals surface area contributed by atoms with Crippen molar-refractivity contribution in [3.63, 3.8) is 0 Å². The molecule has 0 aromatic carbocycles. The van der Waals surface area contributed by atoms with Gasteiger partial charge in [-0.05, 0) is 32.8 Å². The number of carbonyl (C=O) groups is 1. The maximum Gasteiger partial charge on any atom is 0.254 e. The van der Waals surface area contributed by atoms with Crippen molar-refractivity contribution in [2.75, 3.05) is 13.1 Å². The van der Waals surface area contributed by atoms with E-state index in [9.17, 15) is 13.2 Å². The van der Waals surface area contributed by atoms with E-state index >= 15 is 0 Å². The molecule has 0 atom stereocenters. The Morgan fingerprint density at radius 3 is 2.58 bits per heavy atom. The monoisotopic (exact) mass is 302 g/mol. The molecule has 0 bridgehead atoms. The Morgan fingerprint density at radius 1 is 1.37 bits per heavy atom. The summed E-state index contributed by atoms with van der Waals surface area (Å²) in [4.78, 5) is 13.9. The Morgan fingerprint density at radius 2 is 2.00 bits per heavy atom. The molecule has 1 aromatic heterocycles. The van der Waals surface area contributed by atoms with Gasteiger partial charge in [-0.25, -0.2) is 13.1 Å². The van der Waals surface area contributed by atoms with E-state index < -0.39 is 10.0 Å². The first-order valence-electron chi connectivity index (χ1n) is 6.30. The molecule has 5 nitrogen and oxygen atoms in total. The molecule has 2 heterocycles. The molecule has 7 heteroatoms. The zero-order chi connectivity index (χ0) is 14.0. The second kappa shape index (κ2) is 5.60. The zero-order valence-electron chi connectivity index (χ0n) is 11.0. The van der Waals surface area contributed by atoms with E-state index in [4.69, 9.17) is 0 Å². The van der Waals surface area contributed by atoms with E-state index in [0.717, 1.165) is 37.3 Å². The van der Waals surface area contributed by atoms with Gasteiger partial charge in [0.05, 0.1) is 5.56 Å². The lowest BCUT2D eigenvalue weighted by atomic mass is 10.3. The van der Waals surface area contributed by atoms with Crippen molar-refractivity contribution in [2.24, 2.45) is 0 Å². The summed E-state index contributed by atoms with van der Waals surface area (Å²) in [6.07, 6.45) is 2.05. The molecule has 0 saturated carbocycles. The van der Waals surface area contributed by atoms with Crippen LogP contribution >= 0.6 is 11.3 Å². The van der Waals surface area contributed by atoms with Crippen LogP contribution in [0.1, 0.15) is 37.0 Å². The van der Waals surface area contributed by atoms with Crippen molar-refractivity contribution in [1.82, 2.24) is 9.62 Å². The Kier molecular flexibility index (Phi) is 4.27. The first kappa shape index (κ1) is 14.5. The van der Waals surface area contributed by atoms with Gasteiger partial charge in [0, 0.05) is 24.5 Å². The van der Waals surface area contributed by atoms with Gasteiger partial charge in [-0.1, -0.05) is 0 Å². The maximum atomic E-state index is 12.1. The molecule has 19 heavy (non-hydrogen) atoms. The summed E-state index contributed by atoms with van der Waals surface area (Å²) in [5, 5.41) is 1.62. The third-order valence-electron chi connectivity index (χ3n) is 2.87. The highest BCUT2D eigenvalue weighted by atomic mass is 32.2. The molecule has 1 amide bonds. The molecule has 1 N–H and O–H groups in total. The second-order valence-electron chi connectivity index (χ2n) is 4.93. The van der Waals surface area contributed by atoms with Gasteiger partial charge in [-0.15, -0.1) is 11.3 Å². The molecule has 1 aromatic rings. The molecular weight excluding hydrogens is 284 g/mol. The normalized spacial score (nSPS) is 16.3. The number of nitrogens with zero attached hydrogens (tertiary/aromatic N) is 1. The number of likely N-dealkylation sites (tertiary alicyclic amines) is 1. The van der Waals surface area contributed by atoms with Crippen molar-refractivity contribution < 1.29 is 13.2 Å². The highest BCUT2D eigenvalue weighted by Gasteiger charge is 2.24. The minimum atomic E-state index is -3.50. The van der Waals surface area contributed by atoms with Gasteiger partial charge in [0.15, 0.2) is 0 Å². The van der Waals surface area contributed by atoms with E-state index in [0.29, 0.717) is 5.56 Å². The number of rotatable bonds is 4. The number of hydrogen-bond donors (Lipinski definition) is 1. The van der Waals surface area contributed by atoms with E-state index in [1.54, 1.807) is 24.1 Å². The summed E-state index contributed by atoms with van der Waals surface area (Å²) >= 11 is 1.09. The fraction of sp³-hybridized carbons (Fsp3) is 0.583. The lowest BCUT2D eigenvalue weighted by molar-refractivity contribution is 0.0793. The van der Waals surface area contributed by atoms with Gasteiger partial charge in [-0.3, -0.25) is 4.79 Å². The predicted molar refractivity (Wildman–Crippen MR) is 74.9 cm³/mol. The lowest BCUT2D eigenvalue weighted by Gasteiger charge is -2.13. The highest BCUT2D eigenvalue weighted by molar-refractivity contribution is 7.91. The van der Waals surface area contributed by atoms with Gasteiger partial charge in [0.2, 0.25) is 10.0 Å². The number of hydrogen-bond acceptors (Lipinski definition) is 4. The molecule has 1 aliphatic heterocycles. The number of amides is 1.